The van der Waals surface area contributed by atoms with Gasteiger partial charge in [0, 0.05) is 11.9 Å². The van der Waals surface area contributed by atoms with Gasteiger partial charge in [-0.3, -0.25) is 4.68 Å². The predicted molar refractivity (Wildman–Crippen MR) is 72.4 cm³/mol. The molecule has 0 spiro atoms. The molecule has 18 heavy (non-hydrogen) atoms. The summed E-state index contributed by atoms with van der Waals surface area (Å²) in [6, 6.07) is 8.02. The van der Waals surface area contributed by atoms with Crippen molar-refractivity contribution in [2.45, 2.75) is 4.90 Å². The molecule has 5 heteroatoms. The average molecular weight is 264 g/mol. The topological polar surface area (TPSA) is 36.3 Å². The molecule has 1 aromatic carbocycles. The highest BCUT2D eigenvalue weighted by Gasteiger charge is 1.98. The summed E-state index contributed by atoms with van der Waals surface area (Å²) in [5.41, 5.74) is 0. The molecule has 0 bridgehead atoms. The van der Waals surface area contributed by atoms with Crippen molar-refractivity contribution in [3.8, 4) is 11.5 Å². The van der Waals surface area contributed by atoms with Crippen LogP contribution in [-0.4, -0.2) is 29.3 Å². The number of hydrogen-bond acceptors (Lipinski definition) is 4. The molecular weight excluding hydrogens is 248 g/mol. The zero-order chi connectivity index (χ0) is 12.8. The SMILES string of the molecule is CSc1ccc(OCCOc2cnn(C)c2)cc1. The van der Waals surface area contributed by atoms with Crippen molar-refractivity contribution in [3.05, 3.63) is 36.7 Å². The fourth-order valence-corrected chi connectivity index (χ4v) is 1.87. The maximum Gasteiger partial charge on any atom is 0.157 e. The molecule has 2 rings (SSSR count). The van der Waals surface area contributed by atoms with Crippen molar-refractivity contribution in [1.82, 2.24) is 9.78 Å². The van der Waals surface area contributed by atoms with Crippen LogP contribution >= 0.6 is 11.8 Å². The Morgan fingerprint density at radius 2 is 1.78 bits per heavy atom. The lowest BCUT2D eigenvalue weighted by Gasteiger charge is -2.07. The third-order valence-electron chi connectivity index (χ3n) is 2.36. The van der Waals surface area contributed by atoms with Gasteiger partial charge in [0.15, 0.2) is 5.75 Å². The Balaban J connectivity index is 1.71. The Morgan fingerprint density at radius 1 is 1.11 bits per heavy atom. The van der Waals surface area contributed by atoms with Crippen LogP contribution in [0.25, 0.3) is 0 Å². The van der Waals surface area contributed by atoms with Gasteiger partial charge in [-0.15, -0.1) is 11.8 Å². The number of benzene rings is 1. The van der Waals surface area contributed by atoms with Gasteiger partial charge in [0.2, 0.25) is 0 Å². The third kappa shape index (κ3) is 3.70. The Kier molecular flexibility index (Phi) is 4.52. The number of aromatic nitrogens is 2. The van der Waals surface area contributed by atoms with Gasteiger partial charge >= 0.3 is 0 Å². The monoisotopic (exact) mass is 264 g/mol. The zero-order valence-electron chi connectivity index (χ0n) is 10.5. The first-order chi connectivity index (χ1) is 8.78. The minimum absolute atomic E-state index is 0.510. The Hall–Kier alpha value is -1.62. The van der Waals surface area contributed by atoms with E-state index >= 15 is 0 Å². The number of aryl methyl sites for hydroxylation is 1. The van der Waals surface area contributed by atoms with E-state index in [4.69, 9.17) is 9.47 Å². The second kappa shape index (κ2) is 6.35. The van der Waals surface area contributed by atoms with Crippen molar-refractivity contribution in [2.75, 3.05) is 19.5 Å². The van der Waals surface area contributed by atoms with Crippen LogP contribution < -0.4 is 9.47 Å². The first-order valence-electron chi connectivity index (χ1n) is 5.66. The fraction of sp³-hybridized carbons (Fsp3) is 0.308. The standard InChI is InChI=1S/C13H16N2O2S/c1-15-10-12(9-14-15)17-8-7-16-11-3-5-13(18-2)6-4-11/h3-6,9-10H,7-8H2,1-2H3. The van der Waals surface area contributed by atoms with Gasteiger partial charge in [0.1, 0.15) is 19.0 Å². The lowest BCUT2D eigenvalue weighted by atomic mass is 10.3. The van der Waals surface area contributed by atoms with E-state index in [9.17, 15) is 0 Å². The van der Waals surface area contributed by atoms with Gasteiger partial charge in [0.05, 0.1) is 12.4 Å². The van der Waals surface area contributed by atoms with Crippen LogP contribution in [0.2, 0.25) is 0 Å². The maximum absolute atomic E-state index is 5.57. The summed E-state index contributed by atoms with van der Waals surface area (Å²) >= 11 is 1.72. The number of thioether (sulfide) groups is 1. The quantitative estimate of drug-likeness (QED) is 0.593. The van der Waals surface area contributed by atoms with Gasteiger partial charge in [-0.05, 0) is 30.5 Å². The molecule has 96 valence electrons. The summed E-state index contributed by atoms with van der Waals surface area (Å²) in [6.45, 7) is 1.03. The molecule has 2 aromatic rings. The molecule has 0 saturated heterocycles. The average Bonchev–Trinajstić information content (AvgIpc) is 2.81. The van der Waals surface area contributed by atoms with E-state index in [-0.39, 0.29) is 0 Å². The second-order valence-corrected chi connectivity index (χ2v) is 4.60. The van der Waals surface area contributed by atoms with Crippen LogP contribution in [0.15, 0.2) is 41.6 Å². The van der Waals surface area contributed by atoms with Gasteiger partial charge in [-0.1, -0.05) is 0 Å². The van der Waals surface area contributed by atoms with Crippen LogP contribution in [0.3, 0.4) is 0 Å². The van der Waals surface area contributed by atoms with E-state index in [1.54, 1.807) is 22.6 Å². The van der Waals surface area contributed by atoms with E-state index in [1.807, 2.05) is 37.5 Å². The van der Waals surface area contributed by atoms with Crippen molar-refractivity contribution >= 4 is 11.8 Å². The van der Waals surface area contributed by atoms with E-state index < -0.39 is 0 Å². The molecule has 1 heterocycles. The van der Waals surface area contributed by atoms with Crippen molar-refractivity contribution < 1.29 is 9.47 Å². The summed E-state index contributed by atoms with van der Waals surface area (Å²) in [7, 11) is 1.86. The minimum Gasteiger partial charge on any atom is -0.490 e. The number of nitrogens with zero attached hydrogens (tertiary/aromatic N) is 2. The summed E-state index contributed by atoms with van der Waals surface area (Å²) < 4.78 is 12.8. The summed E-state index contributed by atoms with van der Waals surface area (Å²) in [5.74, 6) is 1.63. The zero-order valence-corrected chi connectivity index (χ0v) is 11.3. The highest BCUT2D eigenvalue weighted by molar-refractivity contribution is 7.98. The Bertz CT molecular complexity index is 482. The third-order valence-corrected chi connectivity index (χ3v) is 3.10. The molecule has 0 unspecified atom stereocenters. The highest BCUT2D eigenvalue weighted by atomic mass is 32.2. The Labute approximate surface area is 111 Å². The lowest BCUT2D eigenvalue weighted by molar-refractivity contribution is 0.217. The largest absolute Gasteiger partial charge is 0.490 e. The number of rotatable bonds is 6. The van der Waals surface area contributed by atoms with Crippen LogP contribution in [-0.2, 0) is 7.05 Å². The number of ether oxygens (including phenoxy) is 2. The molecular formula is C13H16N2O2S. The van der Waals surface area contributed by atoms with Crippen LogP contribution in [0.5, 0.6) is 11.5 Å². The van der Waals surface area contributed by atoms with Crippen molar-refractivity contribution in [1.29, 1.82) is 0 Å². The predicted octanol–water partition coefficient (Wildman–Crippen LogP) is 2.60. The summed E-state index contributed by atoms with van der Waals surface area (Å²) in [5, 5.41) is 4.02. The molecule has 0 fully saturated rings. The molecule has 4 nitrogen and oxygen atoms in total. The van der Waals surface area contributed by atoms with Crippen molar-refractivity contribution in [2.24, 2.45) is 7.05 Å². The first kappa shape index (κ1) is 12.8. The normalized spacial score (nSPS) is 10.3. The van der Waals surface area contributed by atoms with E-state index in [0.717, 1.165) is 11.5 Å². The fourth-order valence-electron chi connectivity index (χ4n) is 1.46. The van der Waals surface area contributed by atoms with Crippen LogP contribution in [0.4, 0.5) is 0 Å². The van der Waals surface area contributed by atoms with Gasteiger partial charge in [0.25, 0.3) is 0 Å². The molecule has 0 radical (unpaired) electrons. The van der Waals surface area contributed by atoms with Gasteiger partial charge < -0.3 is 9.47 Å². The molecule has 0 aliphatic carbocycles. The van der Waals surface area contributed by atoms with Gasteiger partial charge in [-0.2, -0.15) is 5.10 Å². The van der Waals surface area contributed by atoms with Crippen LogP contribution in [0, 0.1) is 0 Å². The summed E-state index contributed by atoms with van der Waals surface area (Å²) in [6.07, 6.45) is 5.57. The molecule has 0 saturated carbocycles. The molecule has 1 aromatic heterocycles. The lowest BCUT2D eigenvalue weighted by Crippen LogP contribution is -2.08. The van der Waals surface area contributed by atoms with E-state index in [0.29, 0.717) is 13.2 Å². The number of hydrogen-bond donors (Lipinski definition) is 0. The minimum atomic E-state index is 0.510. The molecule has 0 aliphatic heterocycles. The molecule has 0 aliphatic rings. The summed E-state index contributed by atoms with van der Waals surface area (Å²) in [4.78, 5) is 1.23. The van der Waals surface area contributed by atoms with Crippen molar-refractivity contribution in [3.63, 3.8) is 0 Å². The smallest absolute Gasteiger partial charge is 0.157 e. The molecule has 0 amide bonds. The molecule has 0 atom stereocenters. The van der Waals surface area contributed by atoms with E-state index in [1.165, 1.54) is 4.90 Å². The second-order valence-electron chi connectivity index (χ2n) is 3.72. The highest BCUT2D eigenvalue weighted by Crippen LogP contribution is 2.18. The van der Waals surface area contributed by atoms with Crippen LogP contribution in [0.1, 0.15) is 0 Å². The first-order valence-corrected chi connectivity index (χ1v) is 6.89. The molecule has 0 N–H and O–H groups in total. The Morgan fingerprint density at radius 3 is 2.33 bits per heavy atom. The van der Waals surface area contributed by atoms with E-state index in [2.05, 4.69) is 11.4 Å². The van der Waals surface area contributed by atoms with Gasteiger partial charge in [-0.25, -0.2) is 0 Å². The maximum atomic E-state index is 5.57.